The number of nitrogens with one attached hydrogen (secondary N) is 1. The van der Waals surface area contributed by atoms with E-state index in [2.05, 4.69) is 20.9 Å². The highest BCUT2D eigenvalue weighted by Crippen LogP contribution is 2.27. The Hall–Kier alpha value is -1.89. The van der Waals surface area contributed by atoms with Gasteiger partial charge in [-0.3, -0.25) is 14.7 Å². The molecule has 1 aromatic heterocycles. The maximum atomic E-state index is 12.2. The van der Waals surface area contributed by atoms with Crippen molar-refractivity contribution in [2.75, 3.05) is 44.3 Å². The molecule has 2 aliphatic rings. The maximum absolute atomic E-state index is 12.2. The van der Waals surface area contributed by atoms with E-state index >= 15 is 0 Å². The van der Waals surface area contributed by atoms with E-state index in [0.29, 0.717) is 19.2 Å². The smallest absolute Gasteiger partial charge is 0.252 e. The number of ether oxygens (including phenoxy) is 1. The van der Waals surface area contributed by atoms with E-state index < -0.39 is 0 Å². The van der Waals surface area contributed by atoms with Crippen LogP contribution < -0.4 is 10.5 Å². The second-order valence-corrected chi connectivity index (χ2v) is 7.73. The average molecular weight is 389 g/mol. The number of benzene rings is 1. The fourth-order valence-corrected chi connectivity index (χ4v) is 4.14. The van der Waals surface area contributed by atoms with Gasteiger partial charge in [0.25, 0.3) is 5.56 Å². The Labute approximate surface area is 164 Å². The van der Waals surface area contributed by atoms with E-state index in [9.17, 15) is 4.79 Å². The first-order chi connectivity index (χ1) is 13.2. The van der Waals surface area contributed by atoms with Crippen LogP contribution in [0.5, 0.6) is 0 Å². The quantitative estimate of drug-likeness (QED) is 0.872. The first-order valence-electron chi connectivity index (χ1n) is 9.58. The molecule has 4 rings (SSSR count). The number of H-pyrrole nitrogens is 1. The largest absolute Gasteiger partial charge is 0.378 e. The van der Waals surface area contributed by atoms with E-state index in [4.69, 9.17) is 21.3 Å². The van der Waals surface area contributed by atoms with Crippen LogP contribution in [0.2, 0.25) is 5.02 Å². The lowest BCUT2D eigenvalue weighted by Crippen LogP contribution is -2.39. The zero-order chi connectivity index (χ0) is 18.6. The van der Waals surface area contributed by atoms with E-state index in [1.807, 2.05) is 18.2 Å². The van der Waals surface area contributed by atoms with Crippen LogP contribution in [-0.2, 0) is 11.3 Å². The van der Waals surface area contributed by atoms with Gasteiger partial charge in [-0.05, 0) is 37.1 Å². The van der Waals surface area contributed by atoms with E-state index in [-0.39, 0.29) is 11.5 Å². The second-order valence-electron chi connectivity index (χ2n) is 7.30. The topological polar surface area (TPSA) is 61.5 Å². The molecular weight excluding hydrogens is 364 g/mol. The Morgan fingerprint density at radius 1 is 1.22 bits per heavy atom. The number of nitrogens with zero attached hydrogens (tertiary/aromatic N) is 3. The van der Waals surface area contributed by atoms with Gasteiger partial charge in [0.2, 0.25) is 5.95 Å². The van der Waals surface area contributed by atoms with Crippen LogP contribution in [0, 0.1) is 0 Å². The fraction of sp³-hybridized carbons (Fsp3) is 0.500. The van der Waals surface area contributed by atoms with Gasteiger partial charge in [0.1, 0.15) is 0 Å². The molecule has 0 saturated carbocycles. The molecule has 0 spiro atoms. The highest BCUT2D eigenvalue weighted by atomic mass is 35.5. The van der Waals surface area contributed by atoms with E-state index in [1.165, 1.54) is 5.56 Å². The van der Waals surface area contributed by atoms with Crippen LogP contribution in [0.1, 0.15) is 30.0 Å². The Morgan fingerprint density at radius 2 is 2.07 bits per heavy atom. The molecule has 0 bridgehead atoms. The van der Waals surface area contributed by atoms with Crippen molar-refractivity contribution < 1.29 is 4.74 Å². The van der Waals surface area contributed by atoms with Gasteiger partial charge < -0.3 is 9.64 Å². The van der Waals surface area contributed by atoms with Crippen LogP contribution in [0.3, 0.4) is 0 Å². The van der Waals surface area contributed by atoms with E-state index in [0.717, 1.165) is 56.3 Å². The first kappa shape index (κ1) is 18.5. The van der Waals surface area contributed by atoms with Crippen LogP contribution in [-0.4, -0.2) is 54.3 Å². The first-order valence-corrected chi connectivity index (χ1v) is 9.96. The predicted molar refractivity (Wildman–Crippen MR) is 107 cm³/mol. The molecule has 2 aromatic rings. The number of aromatic amines is 1. The lowest BCUT2D eigenvalue weighted by Gasteiger charge is -2.33. The van der Waals surface area contributed by atoms with Crippen LogP contribution in [0.4, 0.5) is 5.95 Å². The molecule has 27 heavy (non-hydrogen) atoms. The summed E-state index contributed by atoms with van der Waals surface area (Å²) in [5.41, 5.74) is 2.04. The van der Waals surface area contributed by atoms with Crippen molar-refractivity contribution >= 4 is 17.5 Å². The van der Waals surface area contributed by atoms with Gasteiger partial charge >= 0.3 is 0 Å². The summed E-state index contributed by atoms with van der Waals surface area (Å²) >= 11 is 6.12. The second kappa shape index (κ2) is 8.42. The molecular formula is C20H25ClN4O2. The van der Waals surface area contributed by atoms with Gasteiger partial charge in [-0.25, -0.2) is 4.98 Å². The molecule has 2 aliphatic heterocycles. The maximum Gasteiger partial charge on any atom is 0.252 e. The average Bonchev–Trinajstić information content (AvgIpc) is 2.68. The molecule has 0 radical (unpaired) electrons. The summed E-state index contributed by atoms with van der Waals surface area (Å²) in [6.45, 7) is 5.70. The Balaban J connectivity index is 1.49. The highest BCUT2D eigenvalue weighted by Gasteiger charge is 2.24. The number of rotatable bonds is 4. The minimum atomic E-state index is -0.0755. The summed E-state index contributed by atoms with van der Waals surface area (Å²) in [4.78, 5) is 24.4. The van der Waals surface area contributed by atoms with Crippen molar-refractivity contribution in [3.05, 3.63) is 57.0 Å². The van der Waals surface area contributed by atoms with Crippen molar-refractivity contribution in [1.29, 1.82) is 0 Å². The van der Waals surface area contributed by atoms with Crippen LogP contribution in [0.15, 0.2) is 35.1 Å². The molecule has 1 atom stereocenters. The minimum Gasteiger partial charge on any atom is -0.378 e. The lowest BCUT2D eigenvalue weighted by molar-refractivity contribution is 0.122. The SMILES string of the molecule is O=c1cc(C2CCCN(Cc3cccc(Cl)c3)C2)nc(N2CCOCC2)[nH]1. The molecule has 3 heterocycles. The summed E-state index contributed by atoms with van der Waals surface area (Å²) in [6, 6.07) is 9.69. The monoisotopic (exact) mass is 388 g/mol. The summed E-state index contributed by atoms with van der Waals surface area (Å²) in [5, 5.41) is 0.771. The summed E-state index contributed by atoms with van der Waals surface area (Å²) < 4.78 is 5.40. The highest BCUT2D eigenvalue weighted by molar-refractivity contribution is 6.30. The molecule has 144 valence electrons. The number of halogens is 1. The molecule has 1 N–H and O–H groups in total. The van der Waals surface area contributed by atoms with Crippen molar-refractivity contribution in [2.45, 2.75) is 25.3 Å². The number of anilines is 1. The van der Waals surface area contributed by atoms with Gasteiger partial charge in [0.15, 0.2) is 0 Å². The zero-order valence-corrected chi connectivity index (χ0v) is 16.1. The third-order valence-corrected chi connectivity index (χ3v) is 5.51. The normalized spacial score (nSPS) is 21.4. The summed E-state index contributed by atoms with van der Waals surface area (Å²) in [7, 11) is 0. The van der Waals surface area contributed by atoms with Crippen molar-refractivity contribution in [1.82, 2.24) is 14.9 Å². The standard InChI is InChI=1S/C20H25ClN4O2/c21-17-5-1-3-15(11-17)13-24-6-2-4-16(14-24)18-12-19(26)23-20(22-18)25-7-9-27-10-8-25/h1,3,5,11-12,16H,2,4,6-10,13-14H2,(H,22,23,26). The molecule has 2 fully saturated rings. The van der Waals surface area contributed by atoms with E-state index in [1.54, 1.807) is 6.07 Å². The number of hydrogen-bond acceptors (Lipinski definition) is 5. The third kappa shape index (κ3) is 4.69. The fourth-order valence-electron chi connectivity index (χ4n) is 3.93. The predicted octanol–water partition coefficient (Wildman–Crippen LogP) is 2.64. The van der Waals surface area contributed by atoms with Gasteiger partial charge in [0, 0.05) is 43.2 Å². The molecule has 1 aromatic carbocycles. The molecule has 0 amide bonds. The van der Waals surface area contributed by atoms with Crippen molar-refractivity contribution in [3.63, 3.8) is 0 Å². The zero-order valence-electron chi connectivity index (χ0n) is 15.4. The summed E-state index contributed by atoms with van der Waals surface area (Å²) in [5.74, 6) is 0.952. The third-order valence-electron chi connectivity index (χ3n) is 5.28. The number of hydrogen-bond donors (Lipinski definition) is 1. The number of morpholine rings is 1. The van der Waals surface area contributed by atoms with Crippen LogP contribution in [0.25, 0.3) is 0 Å². The molecule has 0 aliphatic carbocycles. The van der Waals surface area contributed by atoms with Crippen molar-refractivity contribution in [2.24, 2.45) is 0 Å². The number of likely N-dealkylation sites (tertiary alicyclic amines) is 1. The number of aromatic nitrogens is 2. The molecule has 7 heteroatoms. The van der Waals surface area contributed by atoms with Crippen molar-refractivity contribution in [3.8, 4) is 0 Å². The van der Waals surface area contributed by atoms with Gasteiger partial charge in [0.05, 0.1) is 18.9 Å². The van der Waals surface area contributed by atoms with Gasteiger partial charge in [-0.15, -0.1) is 0 Å². The van der Waals surface area contributed by atoms with Gasteiger partial charge in [-0.2, -0.15) is 0 Å². The Bertz CT molecular complexity index is 835. The molecule has 1 unspecified atom stereocenters. The molecule has 6 nitrogen and oxygen atoms in total. The number of piperidine rings is 1. The minimum absolute atomic E-state index is 0.0755. The lowest BCUT2D eigenvalue weighted by atomic mass is 9.94. The molecule has 2 saturated heterocycles. The Morgan fingerprint density at radius 3 is 2.89 bits per heavy atom. The Kier molecular flexibility index (Phi) is 5.76. The van der Waals surface area contributed by atoms with Crippen LogP contribution >= 0.6 is 11.6 Å². The van der Waals surface area contributed by atoms with Gasteiger partial charge in [-0.1, -0.05) is 23.7 Å². The summed E-state index contributed by atoms with van der Waals surface area (Å²) in [6.07, 6.45) is 2.16.